The monoisotopic (exact) mass is 286 g/mol. The second-order valence-electron chi connectivity index (χ2n) is 6.28. The fourth-order valence-electron chi connectivity index (χ4n) is 4.02. The number of hydrogen-bond donors (Lipinski definition) is 0. The van der Waals surface area contributed by atoms with Crippen molar-refractivity contribution in [2.45, 2.75) is 58.0 Å². The number of nitrogens with zero attached hydrogens (tertiary/aromatic N) is 2. The molecule has 3 heteroatoms. The van der Waals surface area contributed by atoms with Gasteiger partial charge in [0.1, 0.15) is 5.78 Å². The number of hydrogen-bond acceptors (Lipinski definition) is 3. The minimum atomic E-state index is 0.435. The van der Waals surface area contributed by atoms with E-state index in [1.54, 1.807) is 0 Å². The van der Waals surface area contributed by atoms with E-state index in [2.05, 4.69) is 47.9 Å². The van der Waals surface area contributed by atoms with Crippen LogP contribution in [-0.2, 0) is 4.79 Å². The Morgan fingerprint density at radius 3 is 2.14 bits per heavy atom. The molecule has 0 aliphatic carbocycles. The first-order valence-corrected chi connectivity index (χ1v) is 8.38. The third kappa shape index (κ3) is 2.78. The van der Waals surface area contributed by atoms with Gasteiger partial charge in [-0.05, 0) is 57.4 Å². The third-order valence-electron chi connectivity index (χ3n) is 5.06. The Balaban J connectivity index is 1.82. The zero-order valence-corrected chi connectivity index (χ0v) is 13.2. The molecule has 2 atom stereocenters. The number of carbonyl (C=O) groups excluding carboxylic acids is 1. The lowest BCUT2D eigenvalue weighted by atomic mass is 9.83. The van der Waals surface area contributed by atoms with Gasteiger partial charge in [0.15, 0.2) is 0 Å². The van der Waals surface area contributed by atoms with Gasteiger partial charge in [0, 0.05) is 49.4 Å². The van der Waals surface area contributed by atoms with Gasteiger partial charge in [-0.1, -0.05) is 0 Å². The molecule has 2 aliphatic rings. The summed E-state index contributed by atoms with van der Waals surface area (Å²) in [5.74, 6) is 0.459. The normalized spacial score (nSPS) is 25.0. The van der Waals surface area contributed by atoms with E-state index in [0.29, 0.717) is 17.9 Å². The summed E-state index contributed by atoms with van der Waals surface area (Å²) < 4.78 is 0. The molecule has 0 N–H and O–H groups in total. The standard InChI is InChI=1S/C18H26N2O/c1-3-19(4-2)14-8-10-15(11-9-14)20-16-6-5-7-17(20)13-18(21)12-16/h8-11,16-17H,3-7,12-13H2,1-2H3. The van der Waals surface area contributed by atoms with Crippen LogP contribution < -0.4 is 9.80 Å². The Morgan fingerprint density at radius 1 is 1.05 bits per heavy atom. The molecule has 2 fully saturated rings. The molecule has 2 aliphatic heterocycles. The van der Waals surface area contributed by atoms with E-state index in [-0.39, 0.29) is 0 Å². The van der Waals surface area contributed by atoms with Gasteiger partial charge in [0.25, 0.3) is 0 Å². The minimum Gasteiger partial charge on any atom is -0.372 e. The van der Waals surface area contributed by atoms with Crippen LogP contribution >= 0.6 is 0 Å². The lowest BCUT2D eigenvalue weighted by molar-refractivity contribution is -0.121. The van der Waals surface area contributed by atoms with Gasteiger partial charge in [-0.25, -0.2) is 0 Å². The maximum atomic E-state index is 11.8. The van der Waals surface area contributed by atoms with E-state index in [1.807, 2.05) is 0 Å². The van der Waals surface area contributed by atoms with Crippen molar-refractivity contribution >= 4 is 17.2 Å². The first kappa shape index (κ1) is 14.4. The minimum absolute atomic E-state index is 0.435. The van der Waals surface area contributed by atoms with Crippen molar-refractivity contribution in [3.63, 3.8) is 0 Å². The lowest BCUT2D eigenvalue weighted by Gasteiger charge is -2.47. The summed E-state index contributed by atoms with van der Waals surface area (Å²) in [6, 6.07) is 9.82. The van der Waals surface area contributed by atoms with Crippen molar-refractivity contribution < 1.29 is 4.79 Å². The van der Waals surface area contributed by atoms with Crippen molar-refractivity contribution in [3.8, 4) is 0 Å². The van der Waals surface area contributed by atoms with Gasteiger partial charge >= 0.3 is 0 Å². The molecule has 3 nitrogen and oxygen atoms in total. The molecule has 21 heavy (non-hydrogen) atoms. The maximum absolute atomic E-state index is 11.8. The average molecular weight is 286 g/mol. The van der Waals surface area contributed by atoms with Gasteiger partial charge in [-0.15, -0.1) is 0 Å². The third-order valence-corrected chi connectivity index (χ3v) is 5.06. The van der Waals surface area contributed by atoms with Crippen molar-refractivity contribution in [3.05, 3.63) is 24.3 Å². The van der Waals surface area contributed by atoms with Crippen LogP contribution in [0.1, 0.15) is 46.0 Å². The number of Topliss-reactive ketones (excluding diaryl/α,β-unsaturated/α-hetero) is 1. The molecular formula is C18H26N2O. The summed E-state index contributed by atoms with van der Waals surface area (Å²) in [5.41, 5.74) is 2.59. The summed E-state index contributed by atoms with van der Waals surface area (Å²) in [4.78, 5) is 16.7. The highest BCUT2D eigenvalue weighted by Crippen LogP contribution is 2.36. The van der Waals surface area contributed by atoms with Crippen molar-refractivity contribution in [2.75, 3.05) is 22.9 Å². The van der Waals surface area contributed by atoms with E-state index in [9.17, 15) is 4.79 Å². The second-order valence-corrected chi connectivity index (χ2v) is 6.28. The van der Waals surface area contributed by atoms with Gasteiger partial charge in [-0.3, -0.25) is 4.79 Å². The van der Waals surface area contributed by atoms with E-state index < -0.39 is 0 Å². The highest BCUT2D eigenvalue weighted by molar-refractivity contribution is 5.82. The molecular weight excluding hydrogens is 260 g/mol. The number of benzene rings is 1. The molecule has 114 valence electrons. The summed E-state index contributed by atoms with van der Waals surface area (Å²) in [5, 5.41) is 0. The van der Waals surface area contributed by atoms with Gasteiger partial charge in [-0.2, -0.15) is 0 Å². The van der Waals surface area contributed by atoms with Crippen LogP contribution in [-0.4, -0.2) is 31.0 Å². The highest BCUT2D eigenvalue weighted by Gasteiger charge is 2.37. The zero-order valence-electron chi connectivity index (χ0n) is 13.2. The van der Waals surface area contributed by atoms with Crippen LogP contribution in [0.25, 0.3) is 0 Å². The summed E-state index contributed by atoms with van der Waals surface area (Å²) in [6.45, 7) is 6.47. The largest absolute Gasteiger partial charge is 0.372 e. The quantitative estimate of drug-likeness (QED) is 0.844. The first-order valence-electron chi connectivity index (χ1n) is 8.38. The van der Waals surface area contributed by atoms with Crippen LogP contribution in [0.4, 0.5) is 11.4 Å². The fourth-order valence-corrected chi connectivity index (χ4v) is 4.02. The van der Waals surface area contributed by atoms with Crippen molar-refractivity contribution in [1.29, 1.82) is 0 Å². The Morgan fingerprint density at radius 2 is 1.62 bits per heavy atom. The fraction of sp³-hybridized carbons (Fsp3) is 0.611. The molecule has 0 amide bonds. The Kier molecular flexibility index (Phi) is 4.18. The van der Waals surface area contributed by atoms with E-state index >= 15 is 0 Å². The van der Waals surface area contributed by atoms with Gasteiger partial charge in [0.2, 0.25) is 0 Å². The van der Waals surface area contributed by atoms with E-state index in [1.165, 1.54) is 30.6 Å². The number of rotatable bonds is 4. The van der Waals surface area contributed by atoms with Gasteiger partial charge < -0.3 is 9.80 Å². The number of carbonyl (C=O) groups is 1. The summed E-state index contributed by atoms with van der Waals surface area (Å²) in [6.07, 6.45) is 5.10. The highest BCUT2D eigenvalue weighted by atomic mass is 16.1. The summed E-state index contributed by atoms with van der Waals surface area (Å²) >= 11 is 0. The first-order chi connectivity index (χ1) is 10.2. The number of anilines is 2. The van der Waals surface area contributed by atoms with Crippen LogP contribution in [0.15, 0.2) is 24.3 Å². The lowest BCUT2D eigenvalue weighted by Crippen LogP contribution is -2.52. The molecule has 0 radical (unpaired) electrons. The number of fused-ring (bicyclic) bond motifs is 2. The Hall–Kier alpha value is -1.51. The molecule has 2 saturated heterocycles. The maximum Gasteiger partial charge on any atom is 0.137 e. The topological polar surface area (TPSA) is 23.6 Å². The molecule has 2 bridgehead atoms. The zero-order chi connectivity index (χ0) is 14.8. The number of piperidine rings is 2. The van der Waals surface area contributed by atoms with E-state index in [4.69, 9.17) is 0 Å². The Bertz CT molecular complexity index is 476. The smallest absolute Gasteiger partial charge is 0.137 e. The van der Waals surface area contributed by atoms with Gasteiger partial charge in [0.05, 0.1) is 0 Å². The molecule has 2 unspecified atom stereocenters. The van der Waals surface area contributed by atoms with Crippen molar-refractivity contribution in [2.24, 2.45) is 0 Å². The van der Waals surface area contributed by atoms with Crippen LogP contribution in [0.2, 0.25) is 0 Å². The molecule has 1 aromatic carbocycles. The molecule has 0 spiro atoms. The molecule has 3 rings (SSSR count). The SMILES string of the molecule is CCN(CC)c1ccc(N2C3CCCC2CC(=O)C3)cc1. The number of ketones is 1. The average Bonchev–Trinajstić information content (AvgIpc) is 2.48. The van der Waals surface area contributed by atoms with Crippen molar-refractivity contribution in [1.82, 2.24) is 0 Å². The molecule has 1 aromatic rings. The van der Waals surface area contributed by atoms with Crippen LogP contribution in [0, 0.1) is 0 Å². The van der Waals surface area contributed by atoms with E-state index in [0.717, 1.165) is 25.9 Å². The molecule has 0 aromatic heterocycles. The van der Waals surface area contributed by atoms with Crippen LogP contribution in [0.5, 0.6) is 0 Å². The predicted molar refractivity (Wildman–Crippen MR) is 88.2 cm³/mol. The molecule has 0 saturated carbocycles. The molecule has 2 heterocycles. The summed E-state index contributed by atoms with van der Waals surface area (Å²) in [7, 11) is 0. The Labute approximate surface area is 127 Å². The predicted octanol–water partition coefficient (Wildman–Crippen LogP) is 3.62. The van der Waals surface area contributed by atoms with Crippen LogP contribution in [0.3, 0.4) is 0 Å². The second kappa shape index (κ2) is 6.08.